The Morgan fingerprint density at radius 3 is 2.50 bits per heavy atom. The molecule has 1 amide bonds. The molecule has 0 saturated carbocycles. The number of ether oxygens (including phenoxy) is 2. The number of nitrogens with one attached hydrogen (secondary N) is 1. The van der Waals surface area contributed by atoms with Gasteiger partial charge in [-0.2, -0.15) is 5.10 Å². The Hall–Kier alpha value is -3.50. The van der Waals surface area contributed by atoms with E-state index in [9.17, 15) is 24.5 Å². The van der Waals surface area contributed by atoms with Crippen molar-refractivity contribution in [2.24, 2.45) is 5.10 Å². The number of esters is 2. The van der Waals surface area contributed by atoms with Crippen LogP contribution in [0.2, 0.25) is 0 Å². The van der Waals surface area contributed by atoms with E-state index in [-0.39, 0.29) is 16.9 Å². The summed E-state index contributed by atoms with van der Waals surface area (Å²) in [6.45, 7) is 0. The van der Waals surface area contributed by atoms with Crippen LogP contribution in [0.4, 0.5) is 11.4 Å². The minimum atomic E-state index is -0.951. The van der Waals surface area contributed by atoms with Crippen molar-refractivity contribution in [3.05, 3.63) is 33.9 Å². The summed E-state index contributed by atoms with van der Waals surface area (Å²) in [6.07, 6.45) is -0.534. The Labute approximate surface area is 135 Å². The van der Waals surface area contributed by atoms with Gasteiger partial charge in [-0.25, -0.2) is 10.2 Å². The van der Waals surface area contributed by atoms with Crippen LogP contribution in [0.25, 0.3) is 0 Å². The minimum Gasteiger partial charge on any atom is -0.469 e. The summed E-state index contributed by atoms with van der Waals surface area (Å²) in [6, 6.07) is 3.28. The van der Waals surface area contributed by atoms with Crippen molar-refractivity contribution in [3.63, 3.8) is 0 Å². The summed E-state index contributed by atoms with van der Waals surface area (Å²) in [5.41, 5.74) is 6.57. The summed E-state index contributed by atoms with van der Waals surface area (Å²) in [5.74, 6) is -2.63. The monoisotopic (exact) mass is 338 g/mol. The zero-order valence-corrected chi connectivity index (χ0v) is 12.8. The first-order chi connectivity index (χ1) is 11.3. The molecule has 128 valence electrons. The number of methoxy groups -OCH3 is 2. The fraction of sp³-hybridized carbons (Fsp3) is 0.231. The highest BCUT2D eigenvalue weighted by atomic mass is 16.6. The van der Waals surface area contributed by atoms with Crippen LogP contribution in [-0.2, 0) is 19.1 Å². The number of carbonyl (C=O) groups excluding carboxylic acids is 3. The largest absolute Gasteiger partial charge is 0.469 e. The lowest BCUT2D eigenvalue weighted by Gasteiger charge is -2.06. The lowest BCUT2D eigenvalue weighted by atomic mass is 10.1. The number of nitro groups is 1. The maximum atomic E-state index is 12.0. The smallest absolute Gasteiger partial charge is 0.354 e. The molecule has 11 nitrogen and oxygen atoms in total. The fourth-order valence-corrected chi connectivity index (χ4v) is 1.52. The van der Waals surface area contributed by atoms with Crippen LogP contribution in [-0.4, -0.2) is 42.7 Å². The molecule has 0 atom stereocenters. The molecule has 3 N–H and O–H groups in total. The molecule has 0 heterocycles. The number of amides is 1. The van der Waals surface area contributed by atoms with E-state index in [0.717, 1.165) is 26.4 Å². The first-order valence-electron chi connectivity index (χ1n) is 6.36. The highest BCUT2D eigenvalue weighted by molar-refractivity contribution is 6.39. The van der Waals surface area contributed by atoms with E-state index in [2.05, 4.69) is 14.6 Å². The molecular weight excluding hydrogens is 324 g/mol. The summed E-state index contributed by atoms with van der Waals surface area (Å²) < 4.78 is 8.82. The van der Waals surface area contributed by atoms with Crippen molar-refractivity contribution in [3.8, 4) is 0 Å². The molecule has 0 unspecified atom stereocenters. The fourth-order valence-electron chi connectivity index (χ4n) is 1.52. The first kappa shape index (κ1) is 18.5. The van der Waals surface area contributed by atoms with Crippen LogP contribution in [0.3, 0.4) is 0 Å². The van der Waals surface area contributed by atoms with Crippen LogP contribution < -0.4 is 11.2 Å². The van der Waals surface area contributed by atoms with Crippen LogP contribution >= 0.6 is 0 Å². The second-order valence-corrected chi connectivity index (χ2v) is 4.27. The number of hydrogen-bond donors (Lipinski definition) is 2. The highest BCUT2D eigenvalue weighted by Gasteiger charge is 2.19. The number of nitrogen functional groups attached to an aromatic ring is 1. The predicted octanol–water partition coefficient (Wildman–Crippen LogP) is -0.00110. The number of rotatable bonds is 6. The lowest BCUT2D eigenvalue weighted by Crippen LogP contribution is -2.27. The van der Waals surface area contributed by atoms with Crippen LogP contribution in [0, 0.1) is 10.1 Å². The number of benzene rings is 1. The Morgan fingerprint density at radius 1 is 1.29 bits per heavy atom. The van der Waals surface area contributed by atoms with Crippen molar-refractivity contribution < 1.29 is 28.8 Å². The maximum Gasteiger partial charge on any atom is 0.354 e. The molecular formula is C13H14N4O7. The molecule has 0 saturated heterocycles. The molecule has 24 heavy (non-hydrogen) atoms. The number of hydrogen-bond acceptors (Lipinski definition) is 9. The van der Waals surface area contributed by atoms with Crippen molar-refractivity contribution in [2.75, 3.05) is 20.0 Å². The lowest BCUT2D eigenvalue weighted by molar-refractivity contribution is -0.384. The van der Waals surface area contributed by atoms with Crippen molar-refractivity contribution in [2.45, 2.75) is 6.42 Å². The van der Waals surface area contributed by atoms with Crippen molar-refractivity contribution in [1.29, 1.82) is 0 Å². The molecule has 0 aliphatic heterocycles. The number of anilines is 1. The van der Waals surface area contributed by atoms with Gasteiger partial charge in [0, 0.05) is 17.8 Å². The van der Waals surface area contributed by atoms with Gasteiger partial charge in [-0.1, -0.05) is 0 Å². The number of non-ortho nitro benzene ring substituents is 1. The van der Waals surface area contributed by atoms with Crippen molar-refractivity contribution in [1.82, 2.24) is 5.43 Å². The van der Waals surface area contributed by atoms with Gasteiger partial charge in [0.15, 0.2) is 5.71 Å². The zero-order chi connectivity index (χ0) is 18.3. The average molecular weight is 338 g/mol. The molecule has 1 aromatic carbocycles. The third kappa shape index (κ3) is 4.76. The van der Waals surface area contributed by atoms with E-state index in [1.54, 1.807) is 0 Å². The predicted molar refractivity (Wildman–Crippen MR) is 81.1 cm³/mol. The van der Waals surface area contributed by atoms with Crippen LogP contribution in [0.15, 0.2) is 23.3 Å². The molecule has 0 aliphatic rings. The van der Waals surface area contributed by atoms with E-state index in [1.165, 1.54) is 6.07 Å². The topological polar surface area (TPSA) is 163 Å². The quantitative estimate of drug-likeness (QED) is 0.240. The summed E-state index contributed by atoms with van der Waals surface area (Å²) in [5, 5.41) is 14.2. The number of carbonyl (C=O) groups is 3. The van der Waals surface area contributed by atoms with E-state index >= 15 is 0 Å². The molecule has 0 aliphatic carbocycles. The molecule has 0 radical (unpaired) electrons. The summed E-state index contributed by atoms with van der Waals surface area (Å²) >= 11 is 0. The molecule has 0 bridgehead atoms. The van der Waals surface area contributed by atoms with Crippen molar-refractivity contribution >= 4 is 34.9 Å². The Bertz CT molecular complexity index is 714. The molecule has 0 fully saturated rings. The van der Waals surface area contributed by atoms with Crippen LogP contribution in [0.5, 0.6) is 0 Å². The standard InChI is InChI=1S/C13H14N4O7/c1-23-11(18)6-10(13(20)24-2)15-16-12(19)8-5-7(17(21)22)3-4-9(8)14/h3-5H,6,14H2,1-2H3,(H,16,19)/b15-10-. The second kappa shape index (κ2) is 8.22. The van der Waals surface area contributed by atoms with Gasteiger partial charge >= 0.3 is 11.9 Å². The normalized spacial score (nSPS) is 10.7. The number of hydrazone groups is 1. The van der Waals surface area contributed by atoms with Gasteiger partial charge < -0.3 is 15.2 Å². The van der Waals surface area contributed by atoms with E-state index in [1.807, 2.05) is 5.43 Å². The van der Waals surface area contributed by atoms with Gasteiger partial charge in [-0.05, 0) is 6.07 Å². The van der Waals surface area contributed by atoms with Gasteiger partial charge in [0.05, 0.1) is 31.1 Å². The second-order valence-electron chi connectivity index (χ2n) is 4.27. The minimum absolute atomic E-state index is 0.0270. The SMILES string of the molecule is COC(=O)C/C(=N/NC(=O)c1cc([N+](=O)[O-])ccc1N)C(=O)OC. The van der Waals surface area contributed by atoms with E-state index < -0.39 is 34.9 Å². The summed E-state index contributed by atoms with van der Waals surface area (Å²) in [7, 11) is 2.18. The summed E-state index contributed by atoms with van der Waals surface area (Å²) in [4.78, 5) is 44.8. The van der Waals surface area contributed by atoms with Crippen LogP contribution in [0.1, 0.15) is 16.8 Å². The van der Waals surface area contributed by atoms with Gasteiger partial charge in [0.25, 0.3) is 11.6 Å². The molecule has 11 heteroatoms. The molecule has 0 aromatic heterocycles. The average Bonchev–Trinajstić information content (AvgIpc) is 2.57. The third-order valence-electron chi connectivity index (χ3n) is 2.75. The molecule has 0 spiro atoms. The van der Waals surface area contributed by atoms with Gasteiger partial charge in [-0.15, -0.1) is 0 Å². The maximum absolute atomic E-state index is 12.0. The van der Waals surface area contributed by atoms with E-state index in [0.29, 0.717) is 0 Å². The first-order valence-corrected chi connectivity index (χ1v) is 6.36. The highest BCUT2D eigenvalue weighted by Crippen LogP contribution is 2.19. The molecule has 1 aromatic rings. The van der Waals surface area contributed by atoms with Gasteiger partial charge in [0.2, 0.25) is 0 Å². The number of nitro benzene ring substituents is 1. The molecule has 1 rings (SSSR count). The number of nitrogens with two attached hydrogens (primary N) is 1. The van der Waals surface area contributed by atoms with Gasteiger partial charge in [0.1, 0.15) is 0 Å². The van der Waals surface area contributed by atoms with E-state index in [4.69, 9.17) is 5.73 Å². The zero-order valence-electron chi connectivity index (χ0n) is 12.8. The Balaban J connectivity index is 3.03. The van der Waals surface area contributed by atoms with Gasteiger partial charge in [-0.3, -0.25) is 19.7 Å². The Kier molecular flexibility index (Phi) is 6.35. The number of nitrogens with zero attached hydrogens (tertiary/aromatic N) is 2. The third-order valence-corrected chi connectivity index (χ3v) is 2.75. The Morgan fingerprint density at radius 2 is 1.96 bits per heavy atom.